The Morgan fingerprint density at radius 1 is 1.04 bits per heavy atom. The second-order valence-corrected chi connectivity index (χ2v) is 5.71. The standard InChI is InChI=1S/C17H12N2O3S/c20-17(18-13-7-4-8-14(11-13)19(21)22)16-15(9-10-23-16)12-5-2-1-3-6-12/h1-11H,(H,18,20). The third kappa shape index (κ3) is 3.27. The number of carbonyl (C=O) groups excluding carboxylic acids is 1. The van der Waals surface area contributed by atoms with Crippen molar-refractivity contribution in [2.75, 3.05) is 5.32 Å². The van der Waals surface area contributed by atoms with Gasteiger partial charge in [-0.25, -0.2) is 0 Å². The number of hydrogen-bond donors (Lipinski definition) is 1. The number of carbonyl (C=O) groups is 1. The zero-order valence-corrected chi connectivity index (χ0v) is 12.7. The molecule has 0 aliphatic rings. The second-order valence-electron chi connectivity index (χ2n) is 4.79. The molecule has 5 nitrogen and oxygen atoms in total. The van der Waals surface area contributed by atoms with Crippen LogP contribution in [0.1, 0.15) is 9.67 Å². The van der Waals surface area contributed by atoms with E-state index in [1.165, 1.54) is 23.5 Å². The maximum atomic E-state index is 12.5. The van der Waals surface area contributed by atoms with Crippen molar-refractivity contribution in [1.29, 1.82) is 0 Å². The molecule has 1 heterocycles. The molecule has 0 atom stereocenters. The van der Waals surface area contributed by atoms with Crippen molar-refractivity contribution in [2.45, 2.75) is 0 Å². The molecule has 0 fully saturated rings. The van der Waals surface area contributed by atoms with E-state index in [0.717, 1.165) is 11.1 Å². The van der Waals surface area contributed by atoms with Gasteiger partial charge in [-0.05, 0) is 23.1 Å². The van der Waals surface area contributed by atoms with E-state index in [2.05, 4.69) is 5.32 Å². The van der Waals surface area contributed by atoms with E-state index in [9.17, 15) is 14.9 Å². The van der Waals surface area contributed by atoms with Crippen LogP contribution in [0.4, 0.5) is 11.4 Å². The number of nitro benzene ring substituents is 1. The highest BCUT2D eigenvalue weighted by Gasteiger charge is 2.15. The summed E-state index contributed by atoms with van der Waals surface area (Å²) in [5.74, 6) is -0.278. The zero-order valence-electron chi connectivity index (χ0n) is 11.9. The Kier molecular flexibility index (Phi) is 4.16. The summed E-state index contributed by atoms with van der Waals surface area (Å²) in [6.45, 7) is 0. The number of rotatable bonds is 4. The first kappa shape index (κ1) is 14.9. The van der Waals surface area contributed by atoms with Crippen molar-refractivity contribution in [3.63, 3.8) is 0 Å². The van der Waals surface area contributed by atoms with Gasteiger partial charge >= 0.3 is 0 Å². The Labute approximate surface area is 136 Å². The topological polar surface area (TPSA) is 72.2 Å². The number of thiophene rings is 1. The van der Waals surface area contributed by atoms with Gasteiger partial charge in [-0.3, -0.25) is 14.9 Å². The minimum absolute atomic E-state index is 0.0581. The van der Waals surface area contributed by atoms with E-state index < -0.39 is 4.92 Å². The van der Waals surface area contributed by atoms with Crippen LogP contribution in [0, 0.1) is 10.1 Å². The molecule has 23 heavy (non-hydrogen) atoms. The van der Waals surface area contributed by atoms with Gasteiger partial charge in [-0.15, -0.1) is 11.3 Å². The third-order valence-corrected chi connectivity index (χ3v) is 4.18. The van der Waals surface area contributed by atoms with Crippen LogP contribution in [-0.4, -0.2) is 10.8 Å². The molecule has 3 rings (SSSR count). The highest BCUT2D eigenvalue weighted by atomic mass is 32.1. The summed E-state index contributed by atoms with van der Waals surface area (Å²) in [6, 6.07) is 17.4. The van der Waals surface area contributed by atoms with Crippen LogP contribution in [0.15, 0.2) is 66.0 Å². The van der Waals surface area contributed by atoms with E-state index >= 15 is 0 Å². The Bertz CT molecular complexity index is 859. The van der Waals surface area contributed by atoms with Gasteiger partial charge in [0, 0.05) is 23.4 Å². The Morgan fingerprint density at radius 2 is 1.83 bits per heavy atom. The first-order valence-electron chi connectivity index (χ1n) is 6.84. The number of nitrogens with zero attached hydrogens (tertiary/aromatic N) is 1. The van der Waals surface area contributed by atoms with Crippen molar-refractivity contribution in [2.24, 2.45) is 0 Å². The van der Waals surface area contributed by atoms with Crippen LogP contribution in [-0.2, 0) is 0 Å². The van der Waals surface area contributed by atoms with Crippen molar-refractivity contribution < 1.29 is 9.72 Å². The van der Waals surface area contributed by atoms with Crippen LogP contribution >= 0.6 is 11.3 Å². The normalized spacial score (nSPS) is 10.3. The van der Waals surface area contributed by atoms with Crippen molar-refractivity contribution in [3.05, 3.63) is 81.0 Å². The summed E-state index contributed by atoms with van der Waals surface area (Å²) < 4.78 is 0. The average molecular weight is 324 g/mol. The number of anilines is 1. The molecule has 0 bridgehead atoms. The molecule has 0 saturated heterocycles. The van der Waals surface area contributed by atoms with Crippen LogP contribution in [0.5, 0.6) is 0 Å². The number of nitro groups is 1. The summed E-state index contributed by atoms with van der Waals surface area (Å²) >= 11 is 1.34. The summed E-state index contributed by atoms with van der Waals surface area (Å²) in [7, 11) is 0. The molecular weight excluding hydrogens is 312 g/mol. The van der Waals surface area contributed by atoms with E-state index in [4.69, 9.17) is 0 Å². The SMILES string of the molecule is O=C(Nc1cccc([N+](=O)[O-])c1)c1sccc1-c1ccccc1. The molecule has 0 saturated carbocycles. The number of benzene rings is 2. The van der Waals surface area contributed by atoms with Gasteiger partial charge in [-0.1, -0.05) is 36.4 Å². The quantitative estimate of drug-likeness (QED) is 0.564. The molecule has 0 spiro atoms. The van der Waals surface area contributed by atoms with Gasteiger partial charge in [0.05, 0.1) is 9.80 Å². The van der Waals surface area contributed by atoms with E-state index in [1.54, 1.807) is 12.1 Å². The van der Waals surface area contributed by atoms with Crippen molar-refractivity contribution >= 4 is 28.6 Å². The minimum Gasteiger partial charge on any atom is -0.321 e. The first-order valence-corrected chi connectivity index (χ1v) is 7.72. The summed E-state index contributed by atoms with van der Waals surface area (Å²) in [4.78, 5) is 23.4. The molecule has 0 aliphatic heterocycles. The van der Waals surface area contributed by atoms with Crippen LogP contribution in [0.25, 0.3) is 11.1 Å². The lowest BCUT2D eigenvalue weighted by Crippen LogP contribution is -2.11. The Balaban J connectivity index is 1.87. The fourth-order valence-corrected chi connectivity index (χ4v) is 3.03. The van der Waals surface area contributed by atoms with Crippen molar-refractivity contribution in [1.82, 2.24) is 0 Å². The largest absolute Gasteiger partial charge is 0.321 e. The highest BCUT2D eigenvalue weighted by Crippen LogP contribution is 2.29. The Hall–Kier alpha value is -2.99. The summed E-state index contributed by atoms with van der Waals surface area (Å²) in [5.41, 5.74) is 2.14. The number of non-ortho nitro benzene ring substituents is 1. The van der Waals surface area contributed by atoms with Crippen LogP contribution in [0.3, 0.4) is 0 Å². The van der Waals surface area contributed by atoms with E-state index in [1.807, 2.05) is 41.8 Å². The molecule has 1 N–H and O–H groups in total. The first-order chi connectivity index (χ1) is 11.1. The molecule has 2 aromatic carbocycles. The highest BCUT2D eigenvalue weighted by molar-refractivity contribution is 7.12. The number of nitrogens with one attached hydrogen (secondary N) is 1. The lowest BCUT2D eigenvalue weighted by molar-refractivity contribution is -0.384. The molecule has 114 valence electrons. The zero-order chi connectivity index (χ0) is 16.2. The maximum Gasteiger partial charge on any atom is 0.271 e. The van der Waals surface area contributed by atoms with Crippen LogP contribution in [0.2, 0.25) is 0 Å². The van der Waals surface area contributed by atoms with E-state index in [-0.39, 0.29) is 11.6 Å². The predicted octanol–water partition coefficient (Wildman–Crippen LogP) is 4.58. The predicted molar refractivity (Wildman–Crippen MR) is 90.8 cm³/mol. The minimum atomic E-state index is -0.490. The summed E-state index contributed by atoms with van der Waals surface area (Å²) in [6.07, 6.45) is 0. The lowest BCUT2D eigenvalue weighted by atomic mass is 10.1. The van der Waals surface area contributed by atoms with Gasteiger partial charge in [-0.2, -0.15) is 0 Å². The third-order valence-electron chi connectivity index (χ3n) is 3.27. The van der Waals surface area contributed by atoms with Crippen LogP contribution < -0.4 is 5.32 Å². The van der Waals surface area contributed by atoms with Gasteiger partial charge in [0.25, 0.3) is 11.6 Å². The fraction of sp³-hybridized carbons (Fsp3) is 0. The number of amides is 1. The smallest absolute Gasteiger partial charge is 0.271 e. The molecule has 1 amide bonds. The maximum absolute atomic E-state index is 12.5. The molecule has 0 radical (unpaired) electrons. The second kappa shape index (κ2) is 6.41. The molecule has 6 heteroatoms. The summed E-state index contributed by atoms with van der Waals surface area (Å²) in [5, 5.41) is 15.4. The van der Waals surface area contributed by atoms with Gasteiger partial charge < -0.3 is 5.32 Å². The van der Waals surface area contributed by atoms with E-state index in [0.29, 0.717) is 10.6 Å². The number of hydrogen-bond acceptors (Lipinski definition) is 4. The van der Waals surface area contributed by atoms with Gasteiger partial charge in [0.15, 0.2) is 0 Å². The average Bonchev–Trinajstić information content (AvgIpc) is 3.05. The lowest BCUT2D eigenvalue weighted by Gasteiger charge is -2.06. The molecule has 0 unspecified atom stereocenters. The molecular formula is C17H12N2O3S. The van der Waals surface area contributed by atoms with Gasteiger partial charge in [0.2, 0.25) is 0 Å². The Morgan fingerprint density at radius 3 is 2.57 bits per heavy atom. The monoisotopic (exact) mass is 324 g/mol. The van der Waals surface area contributed by atoms with Crippen molar-refractivity contribution in [3.8, 4) is 11.1 Å². The van der Waals surface area contributed by atoms with Gasteiger partial charge in [0.1, 0.15) is 0 Å². The molecule has 0 aliphatic carbocycles. The molecule has 3 aromatic rings. The molecule has 1 aromatic heterocycles. The fourth-order valence-electron chi connectivity index (χ4n) is 2.22.